The van der Waals surface area contributed by atoms with E-state index < -0.39 is 0 Å². The molecule has 0 heterocycles. The van der Waals surface area contributed by atoms with Gasteiger partial charge in [-0.15, -0.1) is 0 Å². The van der Waals surface area contributed by atoms with Crippen molar-refractivity contribution in [2.45, 2.75) is 19.8 Å². The van der Waals surface area contributed by atoms with Gasteiger partial charge in [0.2, 0.25) is 0 Å². The van der Waals surface area contributed by atoms with Crippen molar-refractivity contribution in [3.8, 4) is 11.1 Å². The Hall–Kier alpha value is -2.64. The third-order valence-corrected chi connectivity index (χ3v) is 6.19. The van der Waals surface area contributed by atoms with Crippen molar-refractivity contribution in [2.24, 2.45) is 0 Å². The molecule has 5 aromatic rings. The topological polar surface area (TPSA) is 0 Å². The van der Waals surface area contributed by atoms with Crippen LogP contribution in [0.3, 0.4) is 0 Å². The zero-order chi connectivity index (χ0) is 19.3. The minimum Gasteiger partial charge on any atom is -0.0619 e. The van der Waals surface area contributed by atoms with Gasteiger partial charge in [0.05, 0.1) is 0 Å². The summed E-state index contributed by atoms with van der Waals surface area (Å²) in [7, 11) is 0. The summed E-state index contributed by atoms with van der Waals surface area (Å²) < 4.78 is 1.12. The first-order valence-electron chi connectivity index (χ1n) is 9.76. The number of fused-ring (bicyclic) bond motifs is 6. The average molecular weight is 425 g/mol. The quantitative estimate of drug-likeness (QED) is 0.248. The van der Waals surface area contributed by atoms with Crippen LogP contribution in [0.4, 0.5) is 0 Å². The fraction of sp³-hybridized carbons (Fsp3) is 0.111. The van der Waals surface area contributed by atoms with Crippen LogP contribution >= 0.6 is 15.9 Å². The van der Waals surface area contributed by atoms with E-state index in [0.717, 1.165) is 4.47 Å². The van der Waals surface area contributed by atoms with Gasteiger partial charge in [-0.2, -0.15) is 0 Å². The lowest BCUT2D eigenvalue weighted by Crippen LogP contribution is -1.92. The second-order valence-electron chi connectivity index (χ2n) is 7.74. The first-order chi connectivity index (χ1) is 13.6. The maximum atomic E-state index is 3.65. The van der Waals surface area contributed by atoms with Gasteiger partial charge < -0.3 is 0 Å². The summed E-state index contributed by atoms with van der Waals surface area (Å²) in [5.74, 6) is 0.498. The van der Waals surface area contributed by atoms with Crippen LogP contribution in [-0.4, -0.2) is 0 Å². The Kier molecular flexibility index (Phi) is 4.21. The highest BCUT2D eigenvalue weighted by Crippen LogP contribution is 2.39. The molecule has 0 atom stereocenters. The van der Waals surface area contributed by atoms with Gasteiger partial charge >= 0.3 is 0 Å². The molecule has 0 saturated carbocycles. The number of halogens is 1. The van der Waals surface area contributed by atoms with E-state index >= 15 is 0 Å². The van der Waals surface area contributed by atoms with Crippen molar-refractivity contribution in [3.05, 3.63) is 95.0 Å². The van der Waals surface area contributed by atoms with Gasteiger partial charge in [0, 0.05) is 4.47 Å². The minimum atomic E-state index is 0.498. The molecule has 1 heteroatoms. The Balaban J connectivity index is 1.90. The molecule has 28 heavy (non-hydrogen) atoms. The van der Waals surface area contributed by atoms with Crippen LogP contribution in [0.25, 0.3) is 43.4 Å². The van der Waals surface area contributed by atoms with E-state index in [1.807, 2.05) is 0 Å². The number of benzene rings is 5. The highest BCUT2D eigenvalue weighted by Gasteiger charge is 2.12. The summed E-state index contributed by atoms with van der Waals surface area (Å²) in [6.45, 7) is 4.53. The molecule has 0 unspecified atom stereocenters. The van der Waals surface area contributed by atoms with Crippen molar-refractivity contribution in [3.63, 3.8) is 0 Å². The van der Waals surface area contributed by atoms with Gasteiger partial charge in [0.15, 0.2) is 0 Å². The lowest BCUT2D eigenvalue weighted by molar-refractivity contribution is 0.869. The number of hydrogen-bond donors (Lipinski definition) is 0. The highest BCUT2D eigenvalue weighted by atomic mass is 79.9. The molecule has 5 aromatic carbocycles. The smallest absolute Gasteiger partial charge is 0.0181 e. The van der Waals surface area contributed by atoms with Crippen molar-refractivity contribution in [1.29, 1.82) is 0 Å². The summed E-state index contributed by atoms with van der Waals surface area (Å²) in [5, 5.41) is 7.86. The first-order valence-corrected chi connectivity index (χ1v) is 10.6. The van der Waals surface area contributed by atoms with E-state index in [1.54, 1.807) is 0 Å². The Morgan fingerprint density at radius 2 is 1.14 bits per heavy atom. The van der Waals surface area contributed by atoms with E-state index in [1.165, 1.54) is 49.0 Å². The van der Waals surface area contributed by atoms with E-state index in [2.05, 4.69) is 115 Å². The molecule has 5 rings (SSSR count). The van der Waals surface area contributed by atoms with Crippen LogP contribution in [0.2, 0.25) is 0 Å². The summed E-state index contributed by atoms with van der Waals surface area (Å²) in [5.41, 5.74) is 4.02. The molecule has 0 bridgehead atoms. The maximum Gasteiger partial charge on any atom is 0.0181 e. The summed E-state index contributed by atoms with van der Waals surface area (Å²) in [6, 6.07) is 31.1. The second kappa shape index (κ2) is 6.76. The third kappa shape index (κ3) is 2.73. The van der Waals surface area contributed by atoms with Crippen molar-refractivity contribution >= 4 is 48.2 Å². The molecule has 0 nitrogen and oxygen atoms in total. The van der Waals surface area contributed by atoms with E-state index in [4.69, 9.17) is 0 Å². The Bertz CT molecular complexity index is 1320. The molecule has 0 N–H and O–H groups in total. The lowest BCUT2D eigenvalue weighted by Gasteiger charge is -2.15. The van der Waals surface area contributed by atoms with Gasteiger partial charge in [0.25, 0.3) is 0 Å². The zero-order valence-electron chi connectivity index (χ0n) is 16.0. The fourth-order valence-corrected chi connectivity index (χ4v) is 4.72. The molecule has 0 aromatic heterocycles. The molecule has 0 amide bonds. The van der Waals surface area contributed by atoms with Crippen LogP contribution in [-0.2, 0) is 0 Å². The Labute approximate surface area is 173 Å². The van der Waals surface area contributed by atoms with Gasteiger partial charge in [-0.05, 0) is 73.1 Å². The average Bonchev–Trinajstić information content (AvgIpc) is 2.73. The van der Waals surface area contributed by atoms with E-state index in [9.17, 15) is 0 Å². The summed E-state index contributed by atoms with van der Waals surface area (Å²) in [6.07, 6.45) is 0. The van der Waals surface area contributed by atoms with Gasteiger partial charge in [-0.3, -0.25) is 0 Å². The van der Waals surface area contributed by atoms with Crippen molar-refractivity contribution in [1.82, 2.24) is 0 Å². The lowest BCUT2D eigenvalue weighted by atomic mass is 9.89. The molecule has 0 fully saturated rings. The molecular weight excluding hydrogens is 404 g/mol. The molecule has 0 spiro atoms. The maximum absolute atomic E-state index is 3.65. The van der Waals surface area contributed by atoms with Gasteiger partial charge in [0.1, 0.15) is 0 Å². The first kappa shape index (κ1) is 17.5. The van der Waals surface area contributed by atoms with E-state index in [-0.39, 0.29) is 0 Å². The third-order valence-electron chi connectivity index (χ3n) is 5.69. The van der Waals surface area contributed by atoms with Crippen LogP contribution in [0, 0.1) is 0 Å². The second-order valence-corrected chi connectivity index (χ2v) is 8.65. The molecule has 0 radical (unpaired) electrons. The highest BCUT2D eigenvalue weighted by molar-refractivity contribution is 9.10. The van der Waals surface area contributed by atoms with Crippen LogP contribution in [0.5, 0.6) is 0 Å². The largest absolute Gasteiger partial charge is 0.0619 e. The molecule has 0 aliphatic heterocycles. The van der Waals surface area contributed by atoms with Crippen LogP contribution < -0.4 is 0 Å². The number of hydrogen-bond acceptors (Lipinski definition) is 0. The van der Waals surface area contributed by atoms with Crippen LogP contribution in [0.15, 0.2) is 89.4 Å². The predicted molar refractivity (Wildman–Crippen MR) is 126 cm³/mol. The van der Waals surface area contributed by atoms with Gasteiger partial charge in [-0.1, -0.05) is 96.5 Å². The Morgan fingerprint density at radius 1 is 0.571 bits per heavy atom. The summed E-state index contributed by atoms with van der Waals surface area (Å²) in [4.78, 5) is 0. The van der Waals surface area contributed by atoms with E-state index in [0.29, 0.717) is 5.92 Å². The predicted octanol–water partition coefficient (Wildman–Crippen LogP) is 8.70. The summed E-state index contributed by atoms with van der Waals surface area (Å²) >= 11 is 3.65. The molecule has 0 aliphatic rings. The fourth-order valence-electron chi connectivity index (χ4n) is 4.36. The van der Waals surface area contributed by atoms with Crippen molar-refractivity contribution in [2.75, 3.05) is 0 Å². The monoisotopic (exact) mass is 424 g/mol. The molecule has 0 saturated heterocycles. The zero-order valence-corrected chi connectivity index (χ0v) is 17.6. The number of rotatable bonds is 2. The standard InChI is InChI=1S/C27H21Br/c1-17(2)20-7-3-4-8-21(20)18-11-13-24-25-14-12-19(28)16-27(25)23-10-6-5-9-22(23)26(24)15-18/h3-17H,1-2H3. The SMILES string of the molecule is CC(C)c1ccccc1-c1ccc2c3ccc(Br)cc3c3ccccc3c2c1. The molecular formula is C27H21Br. The van der Waals surface area contributed by atoms with Crippen molar-refractivity contribution < 1.29 is 0 Å². The minimum absolute atomic E-state index is 0.498. The molecule has 0 aliphatic carbocycles. The Morgan fingerprint density at radius 3 is 1.86 bits per heavy atom. The van der Waals surface area contributed by atoms with Gasteiger partial charge in [-0.25, -0.2) is 0 Å². The van der Waals surface area contributed by atoms with Crippen LogP contribution in [0.1, 0.15) is 25.3 Å². The normalized spacial score (nSPS) is 11.7. The molecule has 136 valence electrons.